The van der Waals surface area contributed by atoms with Crippen molar-refractivity contribution in [2.75, 3.05) is 0 Å². The molecular formula is C14H16N4. The fourth-order valence-electron chi connectivity index (χ4n) is 2.10. The Morgan fingerprint density at radius 2 is 1.44 bits per heavy atom. The van der Waals surface area contributed by atoms with Crippen LogP contribution in [0.4, 0.5) is 0 Å². The minimum Gasteiger partial charge on any atom is -0.348 e. The normalized spacial score (nSPS) is 10.9. The van der Waals surface area contributed by atoms with E-state index < -0.39 is 0 Å². The van der Waals surface area contributed by atoms with Crippen LogP contribution in [0.25, 0.3) is 0 Å². The van der Waals surface area contributed by atoms with Gasteiger partial charge in [-0.3, -0.25) is 0 Å². The first-order valence-electron chi connectivity index (χ1n) is 6.04. The minimum atomic E-state index is 0.815. The van der Waals surface area contributed by atoms with Gasteiger partial charge in [-0.05, 0) is 24.3 Å². The van der Waals surface area contributed by atoms with E-state index in [0.717, 1.165) is 24.6 Å². The Hall–Kier alpha value is -2.23. The summed E-state index contributed by atoms with van der Waals surface area (Å²) in [5, 5.41) is 0. The van der Waals surface area contributed by atoms with Crippen LogP contribution in [0.3, 0.4) is 0 Å². The molecule has 4 heteroatoms. The maximum absolute atomic E-state index is 4.68. The van der Waals surface area contributed by atoms with Gasteiger partial charge in [0.1, 0.15) is 5.82 Å². The summed E-state index contributed by atoms with van der Waals surface area (Å²) in [5.41, 5.74) is 1.09. The highest BCUT2D eigenvalue weighted by atomic mass is 15.1. The van der Waals surface area contributed by atoms with Crippen molar-refractivity contribution in [3.8, 4) is 0 Å². The lowest BCUT2D eigenvalue weighted by Crippen LogP contribution is -2.03. The summed E-state index contributed by atoms with van der Waals surface area (Å²) in [6.07, 6.45) is 10.3. The molecule has 0 saturated heterocycles. The van der Waals surface area contributed by atoms with E-state index in [9.17, 15) is 0 Å². The molecule has 0 spiro atoms. The summed E-state index contributed by atoms with van der Waals surface area (Å²) in [6, 6.07) is 8.13. The predicted molar refractivity (Wildman–Crippen MR) is 70.3 cm³/mol. The average Bonchev–Trinajstić information content (AvgIpc) is 3.04. The summed E-state index contributed by atoms with van der Waals surface area (Å²) >= 11 is 0. The molecule has 0 aliphatic rings. The first kappa shape index (κ1) is 10.9. The lowest BCUT2D eigenvalue weighted by Gasteiger charge is -2.02. The highest BCUT2D eigenvalue weighted by Crippen LogP contribution is 2.06. The first-order valence-corrected chi connectivity index (χ1v) is 6.04. The lowest BCUT2D eigenvalue weighted by atomic mass is 10.5. The van der Waals surface area contributed by atoms with Crippen LogP contribution in [0.2, 0.25) is 0 Å². The number of nitrogens with zero attached hydrogens (tertiary/aromatic N) is 4. The minimum absolute atomic E-state index is 0.815. The Morgan fingerprint density at radius 1 is 0.889 bits per heavy atom. The van der Waals surface area contributed by atoms with Gasteiger partial charge in [0, 0.05) is 38.0 Å². The first-order chi connectivity index (χ1) is 8.81. The number of aromatic nitrogens is 4. The number of aryl methyl sites for hydroxylation is 1. The zero-order valence-electron chi connectivity index (χ0n) is 10.4. The van der Waals surface area contributed by atoms with Gasteiger partial charge in [-0.1, -0.05) is 0 Å². The van der Waals surface area contributed by atoms with Crippen LogP contribution in [-0.4, -0.2) is 18.7 Å². The quantitative estimate of drug-likeness (QED) is 0.686. The third-order valence-electron chi connectivity index (χ3n) is 3.02. The zero-order valence-corrected chi connectivity index (χ0v) is 10.4. The second-order valence-corrected chi connectivity index (χ2v) is 4.47. The molecule has 0 N–H and O–H groups in total. The molecule has 92 valence electrons. The number of hydrogen-bond acceptors (Lipinski definition) is 1. The van der Waals surface area contributed by atoms with Gasteiger partial charge in [-0.15, -0.1) is 0 Å². The van der Waals surface area contributed by atoms with Gasteiger partial charge >= 0.3 is 0 Å². The lowest BCUT2D eigenvalue weighted by molar-refractivity contribution is 0.701. The fourth-order valence-corrected chi connectivity index (χ4v) is 2.10. The molecule has 3 aromatic rings. The molecule has 0 aliphatic carbocycles. The number of imidazole rings is 1. The van der Waals surface area contributed by atoms with Crippen LogP contribution in [0.1, 0.15) is 11.5 Å². The third-order valence-corrected chi connectivity index (χ3v) is 3.02. The Bertz CT molecular complexity index is 602. The van der Waals surface area contributed by atoms with Gasteiger partial charge in [0.25, 0.3) is 0 Å². The number of hydrogen-bond donors (Lipinski definition) is 0. The van der Waals surface area contributed by atoms with Crippen molar-refractivity contribution in [3.63, 3.8) is 0 Å². The smallest absolute Gasteiger partial charge is 0.128 e. The second-order valence-electron chi connectivity index (χ2n) is 4.47. The zero-order chi connectivity index (χ0) is 12.4. The molecule has 3 aromatic heterocycles. The Balaban J connectivity index is 1.78. The predicted octanol–water partition coefficient (Wildman–Crippen LogP) is 2.12. The van der Waals surface area contributed by atoms with Crippen LogP contribution in [-0.2, 0) is 20.1 Å². The van der Waals surface area contributed by atoms with E-state index in [2.05, 4.69) is 49.7 Å². The van der Waals surface area contributed by atoms with E-state index in [1.807, 2.05) is 31.3 Å². The Labute approximate surface area is 106 Å². The Kier molecular flexibility index (Phi) is 2.76. The van der Waals surface area contributed by atoms with Gasteiger partial charge in [-0.2, -0.15) is 0 Å². The Morgan fingerprint density at radius 3 is 2.06 bits per heavy atom. The van der Waals surface area contributed by atoms with Crippen molar-refractivity contribution in [1.29, 1.82) is 0 Å². The van der Waals surface area contributed by atoms with Crippen molar-refractivity contribution in [1.82, 2.24) is 18.7 Å². The summed E-state index contributed by atoms with van der Waals surface area (Å²) in [5.74, 6) is 1.08. The summed E-state index contributed by atoms with van der Waals surface area (Å²) in [4.78, 5) is 4.68. The van der Waals surface area contributed by atoms with Crippen LogP contribution < -0.4 is 0 Å². The van der Waals surface area contributed by atoms with Crippen LogP contribution in [0.5, 0.6) is 0 Å². The van der Waals surface area contributed by atoms with Crippen molar-refractivity contribution in [3.05, 3.63) is 66.8 Å². The topological polar surface area (TPSA) is 27.7 Å². The molecule has 18 heavy (non-hydrogen) atoms. The van der Waals surface area contributed by atoms with Gasteiger partial charge in [0.05, 0.1) is 18.8 Å². The highest BCUT2D eigenvalue weighted by Gasteiger charge is 2.05. The van der Waals surface area contributed by atoms with Crippen LogP contribution in [0.15, 0.2) is 55.2 Å². The summed E-state index contributed by atoms with van der Waals surface area (Å²) in [6.45, 7) is 1.64. The van der Waals surface area contributed by atoms with Crippen molar-refractivity contribution in [2.24, 2.45) is 7.05 Å². The summed E-state index contributed by atoms with van der Waals surface area (Å²) in [7, 11) is 2.05. The molecule has 0 saturated carbocycles. The molecule has 0 fully saturated rings. The molecule has 0 unspecified atom stereocenters. The standard InChI is InChI=1S/C14H16N4/c1-16-10-13(11-17-6-2-3-7-17)15-14(16)12-18-8-4-5-9-18/h2-10H,11-12H2,1H3. The van der Waals surface area contributed by atoms with Crippen LogP contribution in [0, 0.1) is 0 Å². The highest BCUT2D eigenvalue weighted by molar-refractivity contribution is 5.07. The van der Waals surface area contributed by atoms with E-state index in [0.29, 0.717) is 0 Å². The molecule has 0 aliphatic heterocycles. The molecule has 3 rings (SSSR count). The molecule has 0 bridgehead atoms. The van der Waals surface area contributed by atoms with Crippen molar-refractivity contribution in [2.45, 2.75) is 13.1 Å². The maximum Gasteiger partial charge on any atom is 0.128 e. The average molecular weight is 240 g/mol. The molecular weight excluding hydrogens is 224 g/mol. The number of rotatable bonds is 4. The van der Waals surface area contributed by atoms with E-state index >= 15 is 0 Å². The van der Waals surface area contributed by atoms with E-state index in [1.165, 1.54) is 0 Å². The summed E-state index contributed by atoms with van der Waals surface area (Å²) < 4.78 is 6.35. The van der Waals surface area contributed by atoms with Gasteiger partial charge in [0.2, 0.25) is 0 Å². The second kappa shape index (κ2) is 4.56. The van der Waals surface area contributed by atoms with E-state index in [4.69, 9.17) is 0 Å². The van der Waals surface area contributed by atoms with Gasteiger partial charge < -0.3 is 13.7 Å². The molecule has 3 heterocycles. The maximum atomic E-state index is 4.68. The van der Waals surface area contributed by atoms with E-state index in [-0.39, 0.29) is 0 Å². The van der Waals surface area contributed by atoms with Crippen molar-refractivity contribution < 1.29 is 0 Å². The fraction of sp³-hybridized carbons (Fsp3) is 0.214. The monoisotopic (exact) mass is 240 g/mol. The molecule has 0 amide bonds. The van der Waals surface area contributed by atoms with Crippen LogP contribution >= 0.6 is 0 Å². The van der Waals surface area contributed by atoms with Crippen molar-refractivity contribution >= 4 is 0 Å². The molecule has 4 nitrogen and oxygen atoms in total. The largest absolute Gasteiger partial charge is 0.348 e. The van der Waals surface area contributed by atoms with Gasteiger partial charge in [0.15, 0.2) is 0 Å². The van der Waals surface area contributed by atoms with Gasteiger partial charge in [-0.25, -0.2) is 4.98 Å². The SMILES string of the molecule is Cn1cc(Cn2cccc2)nc1Cn1cccc1. The van der Waals surface area contributed by atoms with E-state index in [1.54, 1.807) is 0 Å². The third kappa shape index (κ3) is 2.22. The molecule has 0 atom stereocenters. The molecule has 0 aromatic carbocycles. The molecule has 0 radical (unpaired) electrons.